The zero-order valence-corrected chi connectivity index (χ0v) is 12.3. The molecule has 1 heterocycles. The second-order valence-electron chi connectivity index (χ2n) is 4.12. The molecule has 0 unspecified atom stereocenters. The molecular weight excluding hydrogens is 297 g/mol. The SMILES string of the molecule is CCN(C(=O)c1cc(N)c(Cl)c(Cl)c1)c1ccncc1. The topological polar surface area (TPSA) is 59.2 Å². The summed E-state index contributed by atoms with van der Waals surface area (Å²) in [6.07, 6.45) is 3.27. The molecule has 0 radical (unpaired) electrons. The standard InChI is InChI=1S/C14H13Cl2N3O/c1-2-19(10-3-5-18-6-4-10)14(20)9-7-11(15)13(16)12(17)8-9/h3-8H,2,17H2,1H3. The monoisotopic (exact) mass is 309 g/mol. The minimum Gasteiger partial charge on any atom is -0.397 e. The van der Waals surface area contributed by atoms with Crippen LogP contribution in [0.3, 0.4) is 0 Å². The van der Waals surface area contributed by atoms with Crippen LogP contribution in [-0.4, -0.2) is 17.4 Å². The summed E-state index contributed by atoms with van der Waals surface area (Å²) < 4.78 is 0. The fourth-order valence-electron chi connectivity index (χ4n) is 1.86. The van der Waals surface area contributed by atoms with E-state index in [0.29, 0.717) is 12.1 Å². The van der Waals surface area contributed by atoms with E-state index >= 15 is 0 Å². The molecule has 2 N–H and O–H groups in total. The highest BCUT2D eigenvalue weighted by Gasteiger charge is 2.18. The van der Waals surface area contributed by atoms with Crippen molar-refractivity contribution in [2.24, 2.45) is 0 Å². The maximum absolute atomic E-state index is 12.5. The quantitative estimate of drug-likeness (QED) is 0.881. The number of carbonyl (C=O) groups is 1. The first-order valence-corrected chi connectivity index (χ1v) is 6.76. The normalized spacial score (nSPS) is 10.3. The first-order valence-electron chi connectivity index (χ1n) is 6.01. The molecule has 0 aliphatic rings. The minimum atomic E-state index is -0.191. The van der Waals surface area contributed by atoms with Gasteiger partial charge in [-0.25, -0.2) is 0 Å². The summed E-state index contributed by atoms with van der Waals surface area (Å²) >= 11 is 11.9. The number of pyridine rings is 1. The molecule has 1 aromatic heterocycles. The van der Waals surface area contributed by atoms with Gasteiger partial charge in [-0.1, -0.05) is 23.2 Å². The number of anilines is 2. The number of benzene rings is 1. The average Bonchev–Trinajstić information content (AvgIpc) is 2.46. The van der Waals surface area contributed by atoms with E-state index in [1.165, 1.54) is 12.1 Å². The van der Waals surface area contributed by atoms with E-state index in [1.54, 1.807) is 29.4 Å². The van der Waals surface area contributed by atoms with E-state index in [2.05, 4.69) is 4.98 Å². The molecule has 2 aromatic rings. The summed E-state index contributed by atoms with van der Waals surface area (Å²) in [5.41, 5.74) is 7.19. The Kier molecular flexibility index (Phi) is 4.47. The maximum atomic E-state index is 12.5. The van der Waals surface area contributed by atoms with E-state index < -0.39 is 0 Å². The molecule has 6 heteroatoms. The number of amides is 1. The van der Waals surface area contributed by atoms with E-state index in [4.69, 9.17) is 28.9 Å². The van der Waals surface area contributed by atoms with Crippen LogP contribution < -0.4 is 10.6 Å². The van der Waals surface area contributed by atoms with Gasteiger partial charge in [0.1, 0.15) is 0 Å². The zero-order valence-electron chi connectivity index (χ0n) is 10.8. The van der Waals surface area contributed by atoms with Crippen LogP contribution in [0.15, 0.2) is 36.7 Å². The third-order valence-electron chi connectivity index (χ3n) is 2.84. The molecule has 1 aromatic carbocycles. The molecule has 0 aliphatic heterocycles. The van der Waals surface area contributed by atoms with Crippen molar-refractivity contribution in [2.45, 2.75) is 6.92 Å². The summed E-state index contributed by atoms with van der Waals surface area (Å²) in [6, 6.07) is 6.58. The molecule has 0 saturated carbocycles. The molecule has 104 valence electrons. The molecule has 0 atom stereocenters. The average molecular weight is 310 g/mol. The lowest BCUT2D eigenvalue weighted by atomic mass is 10.1. The highest BCUT2D eigenvalue weighted by Crippen LogP contribution is 2.30. The lowest BCUT2D eigenvalue weighted by molar-refractivity contribution is 0.0988. The fraction of sp³-hybridized carbons (Fsp3) is 0.143. The number of hydrogen-bond donors (Lipinski definition) is 1. The Morgan fingerprint density at radius 1 is 1.30 bits per heavy atom. The molecule has 0 bridgehead atoms. The number of nitrogens with two attached hydrogens (primary N) is 1. The summed E-state index contributed by atoms with van der Waals surface area (Å²) in [7, 11) is 0. The Labute approximate surface area is 127 Å². The van der Waals surface area contributed by atoms with Crippen molar-refractivity contribution in [3.05, 3.63) is 52.3 Å². The summed E-state index contributed by atoms with van der Waals surface area (Å²) in [5, 5.41) is 0.524. The van der Waals surface area contributed by atoms with E-state index in [9.17, 15) is 4.79 Å². The number of carbonyl (C=O) groups excluding carboxylic acids is 1. The van der Waals surface area contributed by atoms with Gasteiger partial charge in [-0.15, -0.1) is 0 Å². The fourth-order valence-corrected chi connectivity index (χ4v) is 2.19. The number of halogens is 2. The summed E-state index contributed by atoms with van der Waals surface area (Å²) in [5.74, 6) is -0.191. The number of nitrogen functional groups attached to an aromatic ring is 1. The highest BCUT2D eigenvalue weighted by molar-refractivity contribution is 6.44. The van der Waals surface area contributed by atoms with Gasteiger partial charge in [0.2, 0.25) is 0 Å². The minimum absolute atomic E-state index is 0.191. The van der Waals surface area contributed by atoms with Crippen LogP contribution >= 0.6 is 23.2 Å². The van der Waals surface area contributed by atoms with Crippen molar-refractivity contribution in [3.8, 4) is 0 Å². The van der Waals surface area contributed by atoms with Gasteiger partial charge in [-0.3, -0.25) is 9.78 Å². The van der Waals surface area contributed by atoms with Gasteiger partial charge in [-0.05, 0) is 31.2 Å². The van der Waals surface area contributed by atoms with Crippen LogP contribution in [0.25, 0.3) is 0 Å². The first kappa shape index (κ1) is 14.6. The molecular formula is C14H13Cl2N3O. The molecule has 4 nitrogen and oxygen atoms in total. The van der Waals surface area contributed by atoms with Gasteiger partial charge >= 0.3 is 0 Å². The summed E-state index contributed by atoms with van der Waals surface area (Å²) in [4.78, 5) is 18.1. The number of rotatable bonds is 3. The van der Waals surface area contributed by atoms with Crippen LogP contribution in [0.2, 0.25) is 10.0 Å². The van der Waals surface area contributed by atoms with Crippen molar-refractivity contribution >= 4 is 40.5 Å². The smallest absolute Gasteiger partial charge is 0.258 e. The van der Waals surface area contributed by atoms with Gasteiger partial charge in [0.25, 0.3) is 5.91 Å². The predicted octanol–water partition coefficient (Wildman–Crippen LogP) is 3.64. The van der Waals surface area contributed by atoms with E-state index in [0.717, 1.165) is 5.69 Å². The molecule has 2 rings (SSSR count). The Morgan fingerprint density at radius 2 is 1.95 bits per heavy atom. The highest BCUT2D eigenvalue weighted by atomic mass is 35.5. The second kappa shape index (κ2) is 6.11. The van der Waals surface area contributed by atoms with Gasteiger partial charge < -0.3 is 10.6 Å². The Bertz CT molecular complexity index is 609. The predicted molar refractivity (Wildman–Crippen MR) is 82.5 cm³/mol. The molecule has 0 aliphatic carbocycles. The van der Waals surface area contributed by atoms with Crippen molar-refractivity contribution in [1.82, 2.24) is 4.98 Å². The number of hydrogen-bond acceptors (Lipinski definition) is 3. The van der Waals surface area contributed by atoms with Crippen molar-refractivity contribution < 1.29 is 4.79 Å². The summed E-state index contributed by atoms with van der Waals surface area (Å²) in [6.45, 7) is 2.40. The molecule has 20 heavy (non-hydrogen) atoms. The molecule has 1 amide bonds. The second-order valence-corrected chi connectivity index (χ2v) is 4.90. The van der Waals surface area contributed by atoms with Crippen molar-refractivity contribution in [2.75, 3.05) is 17.2 Å². The largest absolute Gasteiger partial charge is 0.397 e. The number of aromatic nitrogens is 1. The van der Waals surface area contributed by atoms with Gasteiger partial charge in [0, 0.05) is 30.2 Å². The van der Waals surface area contributed by atoms with Gasteiger partial charge in [0.05, 0.1) is 15.7 Å². The van der Waals surface area contributed by atoms with Gasteiger partial charge in [-0.2, -0.15) is 0 Å². The van der Waals surface area contributed by atoms with Crippen LogP contribution in [0.4, 0.5) is 11.4 Å². The number of nitrogens with zero attached hydrogens (tertiary/aromatic N) is 2. The van der Waals surface area contributed by atoms with Crippen LogP contribution in [0.1, 0.15) is 17.3 Å². The zero-order chi connectivity index (χ0) is 14.7. The molecule has 0 fully saturated rings. The Hall–Kier alpha value is -1.78. The third-order valence-corrected chi connectivity index (χ3v) is 3.66. The maximum Gasteiger partial charge on any atom is 0.258 e. The lowest BCUT2D eigenvalue weighted by Gasteiger charge is -2.21. The first-order chi connectivity index (χ1) is 9.54. The Balaban J connectivity index is 2.39. The third kappa shape index (κ3) is 2.86. The molecule has 0 saturated heterocycles. The lowest BCUT2D eigenvalue weighted by Crippen LogP contribution is -2.30. The van der Waals surface area contributed by atoms with Crippen LogP contribution in [0, 0.1) is 0 Å². The van der Waals surface area contributed by atoms with Crippen molar-refractivity contribution in [1.29, 1.82) is 0 Å². The Morgan fingerprint density at radius 3 is 2.50 bits per heavy atom. The van der Waals surface area contributed by atoms with Crippen LogP contribution in [0.5, 0.6) is 0 Å². The molecule has 0 spiro atoms. The van der Waals surface area contributed by atoms with Crippen molar-refractivity contribution in [3.63, 3.8) is 0 Å². The van der Waals surface area contributed by atoms with Crippen LogP contribution in [-0.2, 0) is 0 Å². The van der Waals surface area contributed by atoms with E-state index in [-0.39, 0.29) is 21.6 Å². The van der Waals surface area contributed by atoms with E-state index in [1.807, 2.05) is 6.92 Å². The van der Waals surface area contributed by atoms with Gasteiger partial charge in [0.15, 0.2) is 0 Å².